The number of fused-ring (bicyclic) bond motifs is 1. The van der Waals surface area contributed by atoms with Gasteiger partial charge in [-0.25, -0.2) is 0 Å². The third-order valence-electron chi connectivity index (χ3n) is 5.40. The quantitative estimate of drug-likeness (QED) is 0.697. The molecule has 2 aliphatic heterocycles. The summed E-state index contributed by atoms with van der Waals surface area (Å²) in [7, 11) is 0. The summed E-state index contributed by atoms with van der Waals surface area (Å²) in [4.78, 5) is 13.5. The van der Waals surface area contributed by atoms with Crippen molar-refractivity contribution in [2.75, 3.05) is 18.4 Å². The van der Waals surface area contributed by atoms with Crippen LogP contribution in [0.5, 0.6) is 5.75 Å². The monoisotopic (exact) mass is 434 g/mol. The minimum atomic E-state index is -4.89. The third-order valence-corrected chi connectivity index (χ3v) is 5.40. The van der Waals surface area contributed by atoms with Gasteiger partial charge >= 0.3 is 18.0 Å². The number of para-hydroxylation sites is 1. The normalized spacial score (nSPS) is 25.2. The highest BCUT2D eigenvalue weighted by atomic mass is 19.4. The van der Waals surface area contributed by atoms with Gasteiger partial charge in [0.15, 0.2) is 5.54 Å². The summed E-state index contributed by atoms with van der Waals surface area (Å²) in [6.45, 7) is -3.10. The molecule has 1 fully saturated rings. The first-order chi connectivity index (χ1) is 13.8. The van der Waals surface area contributed by atoms with Gasteiger partial charge in [-0.2, -0.15) is 30.7 Å². The summed E-state index contributed by atoms with van der Waals surface area (Å²) < 4.78 is 96.4. The molecule has 2 aromatic carbocycles. The molecule has 2 aliphatic rings. The van der Waals surface area contributed by atoms with Crippen LogP contribution in [0.1, 0.15) is 16.7 Å². The molecule has 4 rings (SSSR count). The first-order valence-corrected chi connectivity index (χ1v) is 8.63. The number of hydrogen-bond donors (Lipinski definition) is 2. The number of benzene rings is 2. The maximum atomic E-state index is 14.0. The molecule has 0 aromatic heterocycles. The first kappa shape index (κ1) is 20.5. The first-order valence-electron chi connectivity index (χ1n) is 8.63. The molecule has 0 saturated carbocycles. The Bertz CT molecular complexity index is 1000. The molecule has 2 N–H and O–H groups in total. The van der Waals surface area contributed by atoms with Crippen LogP contribution < -0.4 is 5.32 Å². The highest BCUT2D eigenvalue weighted by molar-refractivity contribution is 6.09. The number of anilines is 1. The fraction of sp³-hybridized carbons (Fsp3) is 0.316. The topological polar surface area (TPSA) is 52.6 Å². The number of likely N-dealkylation sites (tertiary alicyclic amines) is 1. The minimum Gasteiger partial charge on any atom is -0.508 e. The van der Waals surface area contributed by atoms with Crippen molar-refractivity contribution in [1.82, 2.24) is 4.90 Å². The van der Waals surface area contributed by atoms with Crippen LogP contribution in [-0.4, -0.2) is 40.8 Å². The Morgan fingerprint density at radius 2 is 1.50 bits per heavy atom. The van der Waals surface area contributed by atoms with Gasteiger partial charge in [0.25, 0.3) is 5.91 Å². The van der Waals surface area contributed by atoms with Crippen LogP contribution in [-0.2, 0) is 16.5 Å². The lowest BCUT2D eigenvalue weighted by atomic mass is 9.81. The predicted molar refractivity (Wildman–Crippen MR) is 90.4 cm³/mol. The molecule has 1 atom stereocenters. The Hall–Kier alpha value is -2.82. The summed E-state index contributed by atoms with van der Waals surface area (Å²) in [5.41, 5.74) is -4.78. The van der Waals surface area contributed by atoms with Crippen molar-refractivity contribution in [3.8, 4) is 5.75 Å². The van der Waals surface area contributed by atoms with E-state index < -0.39 is 53.8 Å². The smallest absolute Gasteiger partial charge is 0.418 e. The molecule has 0 bridgehead atoms. The maximum Gasteiger partial charge on any atom is 0.418 e. The molecule has 0 aliphatic carbocycles. The number of aromatic hydroxyl groups is 1. The van der Waals surface area contributed by atoms with Gasteiger partial charge in [-0.1, -0.05) is 24.3 Å². The van der Waals surface area contributed by atoms with Crippen LogP contribution in [0, 0.1) is 0 Å². The molecule has 1 amide bonds. The third kappa shape index (κ3) is 2.68. The van der Waals surface area contributed by atoms with Crippen LogP contribution in [0.2, 0.25) is 0 Å². The molecule has 0 spiro atoms. The predicted octanol–water partition coefficient (Wildman–Crippen LogP) is 4.19. The Morgan fingerprint density at radius 1 is 0.933 bits per heavy atom. The minimum absolute atomic E-state index is 0.135. The second-order valence-corrected chi connectivity index (χ2v) is 7.20. The number of phenols is 1. The zero-order valence-corrected chi connectivity index (χ0v) is 14.9. The maximum absolute atomic E-state index is 14.0. The SMILES string of the molecule is O=C1Nc2c(C(F)(F)F)cccc2[C@@]1(c1ccc(O)cc1)N1CC(F)(F)C(F)(F)C1. The average molecular weight is 434 g/mol. The highest BCUT2D eigenvalue weighted by Crippen LogP contribution is 2.54. The van der Waals surface area contributed by atoms with E-state index in [1.54, 1.807) is 0 Å². The summed E-state index contributed by atoms with van der Waals surface area (Å²) in [5, 5.41) is 11.6. The van der Waals surface area contributed by atoms with E-state index >= 15 is 0 Å². The fourth-order valence-corrected chi connectivity index (χ4v) is 4.04. The van der Waals surface area contributed by atoms with Crippen LogP contribution in [0.4, 0.5) is 36.4 Å². The average Bonchev–Trinajstić information content (AvgIpc) is 3.04. The van der Waals surface area contributed by atoms with Crippen molar-refractivity contribution in [3.63, 3.8) is 0 Å². The summed E-state index contributed by atoms with van der Waals surface area (Å²) in [6, 6.07) is 7.19. The second-order valence-electron chi connectivity index (χ2n) is 7.20. The van der Waals surface area contributed by atoms with Crippen molar-refractivity contribution in [2.45, 2.75) is 23.6 Å². The van der Waals surface area contributed by atoms with Crippen LogP contribution in [0.15, 0.2) is 42.5 Å². The van der Waals surface area contributed by atoms with Gasteiger partial charge in [-0.3, -0.25) is 9.69 Å². The zero-order valence-electron chi connectivity index (χ0n) is 14.9. The number of amides is 1. The highest BCUT2D eigenvalue weighted by Gasteiger charge is 2.69. The molecular weight excluding hydrogens is 421 g/mol. The van der Waals surface area contributed by atoms with E-state index in [1.165, 1.54) is 0 Å². The van der Waals surface area contributed by atoms with Gasteiger partial charge in [0.2, 0.25) is 0 Å². The molecule has 11 heteroatoms. The van der Waals surface area contributed by atoms with E-state index in [0.717, 1.165) is 36.4 Å². The van der Waals surface area contributed by atoms with E-state index in [1.807, 2.05) is 0 Å². The number of carbonyl (C=O) groups is 1. The lowest BCUT2D eigenvalue weighted by molar-refractivity contribution is -0.172. The Morgan fingerprint density at radius 3 is 2.03 bits per heavy atom. The van der Waals surface area contributed by atoms with E-state index in [4.69, 9.17) is 0 Å². The number of halogens is 7. The van der Waals surface area contributed by atoms with Gasteiger partial charge in [0.1, 0.15) is 5.75 Å². The lowest BCUT2D eigenvalue weighted by Crippen LogP contribution is -2.51. The van der Waals surface area contributed by atoms with Crippen molar-refractivity contribution >= 4 is 11.6 Å². The van der Waals surface area contributed by atoms with Crippen LogP contribution >= 0.6 is 0 Å². The number of carbonyl (C=O) groups excluding carboxylic acids is 1. The largest absolute Gasteiger partial charge is 0.508 e. The molecule has 160 valence electrons. The van der Waals surface area contributed by atoms with E-state index in [9.17, 15) is 40.6 Å². The van der Waals surface area contributed by atoms with Gasteiger partial charge in [0, 0.05) is 5.56 Å². The number of nitrogens with one attached hydrogen (secondary N) is 1. The molecular formula is C19H13F7N2O2. The van der Waals surface area contributed by atoms with E-state index in [-0.39, 0.29) is 16.9 Å². The lowest BCUT2D eigenvalue weighted by Gasteiger charge is -2.37. The zero-order chi connectivity index (χ0) is 22.1. The van der Waals surface area contributed by atoms with Crippen LogP contribution in [0.25, 0.3) is 0 Å². The van der Waals surface area contributed by atoms with Crippen molar-refractivity contribution < 1.29 is 40.6 Å². The number of phenolic OH excluding ortho intramolecular Hbond substituents is 1. The number of hydrogen-bond acceptors (Lipinski definition) is 3. The van der Waals surface area contributed by atoms with Gasteiger partial charge in [-0.05, 0) is 23.8 Å². The van der Waals surface area contributed by atoms with Crippen LogP contribution in [0.3, 0.4) is 0 Å². The molecule has 1 saturated heterocycles. The molecule has 2 heterocycles. The second kappa shape index (κ2) is 6.10. The standard InChI is InChI=1S/C19H13F7N2O2/c20-16(21)8-28(9-17(16,22)23)18(10-4-6-11(29)7-5-10)12-2-1-3-13(19(24,25)26)14(12)27-15(18)30/h1-7,29H,8-9H2,(H,27,30)/t18-/m1/s1. The Labute approximate surface area is 164 Å². The molecule has 2 aromatic rings. The Kier molecular flexibility index (Phi) is 4.16. The van der Waals surface area contributed by atoms with Gasteiger partial charge in [-0.15, -0.1) is 0 Å². The van der Waals surface area contributed by atoms with E-state index in [2.05, 4.69) is 5.32 Å². The summed E-state index contributed by atoms with van der Waals surface area (Å²) in [6.07, 6.45) is -4.89. The number of nitrogens with zero attached hydrogens (tertiary/aromatic N) is 1. The Balaban J connectivity index is 2.01. The van der Waals surface area contributed by atoms with E-state index in [0.29, 0.717) is 11.0 Å². The van der Waals surface area contributed by atoms with Crippen molar-refractivity contribution in [2.24, 2.45) is 0 Å². The molecule has 4 nitrogen and oxygen atoms in total. The van der Waals surface area contributed by atoms with Gasteiger partial charge in [0.05, 0.1) is 24.3 Å². The molecule has 0 radical (unpaired) electrons. The number of rotatable bonds is 2. The van der Waals surface area contributed by atoms with Crippen molar-refractivity contribution in [1.29, 1.82) is 0 Å². The van der Waals surface area contributed by atoms with Gasteiger partial charge < -0.3 is 10.4 Å². The molecule has 30 heavy (non-hydrogen) atoms. The summed E-state index contributed by atoms with van der Waals surface area (Å²) in [5.74, 6) is -10.4. The summed E-state index contributed by atoms with van der Waals surface area (Å²) >= 11 is 0. The molecule has 0 unspecified atom stereocenters. The number of alkyl halides is 7. The van der Waals surface area contributed by atoms with Crippen molar-refractivity contribution in [3.05, 3.63) is 59.2 Å². The fourth-order valence-electron chi connectivity index (χ4n) is 4.04.